The van der Waals surface area contributed by atoms with Crippen molar-refractivity contribution in [2.24, 2.45) is 0 Å². The third-order valence-electron chi connectivity index (χ3n) is 3.44. The molecular weight excluding hydrogens is 354 g/mol. The molecule has 0 aliphatic rings. The number of aromatic nitrogens is 4. The van der Waals surface area contributed by atoms with Gasteiger partial charge < -0.3 is 5.32 Å². The lowest BCUT2D eigenvalue weighted by molar-refractivity contribution is -0.113. The molecule has 1 N–H and O–H groups in total. The van der Waals surface area contributed by atoms with E-state index in [0.29, 0.717) is 5.75 Å². The Balaban J connectivity index is 1.35. The number of hydrogen-bond donors (Lipinski definition) is 1. The standard InChI is InChI=1S/C17H13N5OS2/c23-16(9-24-17-21-14-3-1-2-4-15(14)25-17)20-12-5-7-13(8-6-12)22-11-18-10-19-22/h1-8,10-11H,9H2,(H,20,23). The number of nitrogens with zero attached hydrogens (tertiary/aromatic N) is 4. The van der Waals surface area contributed by atoms with Crippen molar-refractivity contribution in [3.63, 3.8) is 0 Å². The molecular formula is C17H13N5OS2. The van der Waals surface area contributed by atoms with Crippen LogP contribution in [0.15, 0.2) is 65.5 Å². The zero-order valence-electron chi connectivity index (χ0n) is 13.0. The normalized spacial score (nSPS) is 10.9. The molecule has 0 aliphatic carbocycles. The molecule has 0 unspecified atom stereocenters. The van der Waals surface area contributed by atoms with Crippen molar-refractivity contribution in [2.75, 3.05) is 11.1 Å². The summed E-state index contributed by atoms with van der Waals surface area (Å²) in [5.41, 5.74) is 2.61. The molecule has 0 saturated heterocycles. The van der Waals surface area contributed by atoms with Crippen LogP contribution in [0.4, 0.5) is 5.69 Å². The highest BCUT2D eigenvalue weighted by atomic mass is 32.2. The van der Waals surface area contributed by atoms with Gasteiger partial charge in [0.2, 0.25) is 5.91 Å². The highest BCUT2D eigenvalue weighted by Gasteiger charge is 2.08. The first-order valence-electron chi connectivity index (χ1n) is 7.51. The van der Waals surface area contributed by atoms with Crippen LogP contribution in [0.3, 0.4) is 0 Å². The molecule has 4 aromatic rings. The monoisotopic (exact) mass is 367 g/mol. The van der Waals surface area contributed by atoms with Gasteiger partial charge in [-0.25, -0.2) is 14.6 Å². The van der Waals surface area contributed by atoms with Crippen LogP contribution in [0.2, 0.25) is 0 Å². The molecule has 6 nitrogen and oxygen atoms in total. The molecule has 4 rings (SSSR count). The van der Waals surface area contributed by atoms with Crippen LogP contribution in [-0.4, -0.2) is 31.4 Å². The van der Waals surface area contributed by atoms with Gasteiger partial charge in [-0.15, -0.1) is 11.3 Å². The zero-order chi connectivity index (χ0) is 17.1. The van der Waals surface area contributed by atoms with E-state index in [4.69, 9.17) is 0 Å². The Morgan fingerprint density at radius 3 is 2.76 bits per heavy atom. The van der Waals surface area contributed by atoms with E-state index >= 15 is 0 Å². The van der Waals surface area contributed by atoms with Crippen molar-refractivity contribution in [3.05, 3.63) is 61.2 Å². The Labute approximate surface area is 151 Å². The van der Waals surface area contributed by atoms with Crippen molar-refractivity contribution in [3.8, 4) is 5.69 Å². The van der Waals surface area contributed by atoms with Crippen LogP contribution in [0.1, 0.15) is 0 Å². The summed E-state index contributed by atoms with van der Waals surface area (Å²) in [4.78, 5) is 20.6. The van der Waals surface area contributed by atoms with E-state index in [-0.39, 0.29) is 5.91 Å². The van der Waals surface area contributed by atoms with Gasteiger partial charge in [0.15, 0.2) is 4.34 Å². The largest absolute Gasteiger partial charge is 0.325 e. The van der Waals surface area contributed by atoms with Crippen molar-refractivity contribution in [1.82, 2.24) is 19.7 Å². The SMILES string of the molecule is O=C(CSc1nc2ccccc2s1)Nc1ccc(-n2cncn2)cc1. The second kappa shape index (κ2) is 7.04. The maximum atomic E-state index is 12.1. The number of carbonyl (C=O) groups excluding carboxylic acids is 1. The molecule has 124 valence electrons. The van der Waals surface area contributed by atoms with Crippen LogP contribution >= 0.6 is 23.1 Å². The fraction of sp³-hybridized carbons (Fsp3) is 0.0588. The first-order valence-corrected chi connectivity index (χ1v) is 9.31. The molecule has 0 fully saturated rings. The van der Waals surface area contributed by atoms with E-state index in [1.165, 1.54) is 18.1 Å². The molecule has 0 bridgehead atoms. The van der Waals surface area contributed by atoms with Crippen molar-refractivity contribution in [2.45, 2.75) is 4.34 Å². The smallest absolute Gasteiger partial charge is 0.234 e. The Kier molecular flexibility index (Phi) is 4.45. The number of fused-ring (bicyclic) bond motifs is 1. The lowest BCUT2D eigenvalue weighted by Crippen LogP contribution is -2.13. The average molecular weight is 367 g/mol. The van der Waals surface area contributed by atoms with Gasteiger partial charge in [0.25, 0.3) is 0 Å². The second-order valence-corrected chi connectivity index (χ2v) is 7.42. The van der Waals surface area contributed by atoms with Crippen molar-refractivity contribution >= 4 is 44.9 Å². The minimum Gasteiger partial charge on any atom is -0.325 e. The predicted octanol–water partition coefficient (Wildman–Crippen LogP) is 3.61. The number of carbonyl (C=O) groups is 1. The van der Waals surface area contributed by atoms with Gasteiger partial charge in [-0.2, -0.15) is 5.10 Å². The molecule has 0 atom stereocenters. The summed E-state index contributed by atoms with van der Waals surface area (Å²) in [5, 5.41) is 6.96. The number of amides is 1. The van der Waals surface area contributed by atoms with Gasteiger partial charge in [0.1, 0.15) is 12.7 Å². The Morgan fingerprint density at radius 1 is 1.16 bits per heavy atom. The van der Waals surface area contributed by atoms with E-state index in [2.05, 4.69) is 20.4 Å². The number of hydrogen-bond acceptors (Lipinski definition) is 6. The molecule has 0 saturated carbocycles. The van der Waals surface area contributed by atoms with Crippen LogP contribution in [0.25, 0.3) is 15.9 Å². The Hall–Kier alpha value is -2.71. The summed E-state index contributed by atoms with van der Waals surface area (Å²) in [5.74, 6) is 0.266. The maximum absolute atomic E-state index is 12.1. The number of rotatable bonds is 5. The fourth-order valence-electron chi connectivity index (χ4n) is 2.28. The van der Waals surface area contributed by atoms with E-state index in [0.717, 1.165) is 25.9 Å². The van der Waals surface area contributed by atoms with Crippen LogP contribution in [0.5, 0.6) is 0 Å². The Bertz CT molecular complexity index is 963. The summed E-state index contributed by atoms with van der Waals surface area (Å²) in [7, 11) is 0. The van der Waals surface area contributed by atoms with Crippen LogP contribution in [-0.2, 0) is 4.79 Å². The lowest BCUT2D eigenvalue weighted by Gasteiger charge is -2.05. The summed E-state index contributed by atoms with van der Waals surface area (Å²) in [6.45, 7) is 0. The third-order valence-corrected chi connectivity index (χ3v) is 5.61. The molecule has 0 aliphatic heterocycles. The molecule has 2 heterocycles. The molecule has 2 aromatic heterocycles. The van der Waals surface area contributed by atoms with Crippen molar-refractivity contribution in [1.29, 1.82) is 0 Å². The number of benzene rings is 2. The Morgan fingerprint density at radius 2 is 2.00 bits per heavy atom. The molecule has 1 amide bonds. The van der Waals surface area contributed by atoms with Gasteiger partial charge in [-0.1, -0.05) is 23.9 Å². The quantitative estimate of drug-likeness (QED) is 0.546. The molecule has 8 heteroatoms. The molecule has 0 radical (unpaired) electrons. The van der Waals surface area contributed by atoms with E-state index in [1.807, 2.05) is 48.5 Å². The average Bonchev–Trinajstić information content (AvgIpc) is 3.30. The van der Waals surface area contributed by atoms with E-state index in [9.17, 15) is 4.79 Å². The van der Waals surface area contributed by atoms with Crippen LogP contribution < -0.4 is 5.32 Å². The van der Waals surface area contributed by atoms with Gasteiger partial charge in [-0.05, 0) is 36.4 Å². The molecule has 0 spiro atoms. The fourth-order valence-corrected chi connectivity index (χ4v) is 4.14. The van der Waals surface area contributed by atoms with Gasteiger partial charge in [-0.3, -0.25) is 4.79 Å². The summed E-state index contributed by atoms with van der Waals surface area (Å²) in [6, 6.07) is 15.4. The number of thiazole rings is 1. The first kappa shape index (κ1) is 15.8. The number of anilines is 1. The summed E-state index contributed by atoms with van der Waals surface area (Å²) < 4.78 is 3.70. The van der Waals surface area contributed by atoms with Gasteiger partial charge in [0.05, 0.1) is 21.7 Å². The highest BCUT2D eigenvalue weighted by Crippen LogP contribution is 2.29. The summed E-state index contributed by atoms with van der Waals surface area (Å²) in [6.07, 6.45) is 3.11. The van der Waals surface area contributed by atoms with Gasteiger partial charge in [0, 0.05) is 5.69 Å². The van der Waals surface area contributed by atoms with E-state index < -0.39 is 0 Å². The van der Waals surface area contributed by atoms with Gasteiger partial charge >= 0.3 is 0 Å². The highest BCUT2D eigenvalue weighted by molar-refractivity contribution is 8.01. The number of para-hydroxylation sites is 1. The first-order chi connectivity index (χ1) is 12.3. The lowest BCUT2D eigenvalue weighted by atomic mass is 10.3. The second-order valence-electron chi connectivity index (χ2n) is 5.17. The topological polar surface area (TPSA) is 72.7 Å². The van der Waals surface area contributed by atoms with E-state index in [1.54, 1.807) is 22.3 Å². The molecule has 2 aromatic carbocycles. The summed E-state index contributed by atoms with van der Waals surface area (Å²) >= 11 is 3.05. The maximum Gasteiger partial charge on any atom is 0.234 e. The number of thioether (sulfide) groups is 1. The van der Waals surface area contributed by atoms with Crippen LogP contribution in [0, 0.1) is 0 Å². The molecule has 25 heavy (non-hydrogen) atoms. The number of nitrogens with one attached hydrogen (secondary N) is 1. The minimum absolute atomic E-state index is 0.0576. The minimum atomic E-state index is -0.0576. The zero-order valence-corrected chi connectivity index (χ0v) is 14.6. The predicted molar refractivity (Wildman–Crippen MR) is 100 cm³/mol. The third kappa shape index (κ3) is 3.70. The van der Waals surface area contributed by atoms with Crippen molar-refractivity contribution < 1.29 is 4.79 Å².